The summed E-state index contributed by atoms with van der Waals surface area (Å²) < 4.78 is 41.2. The number of nitrogens with one attached hydrogen (secondary N) is 4. The minimum atomic E-state index is -0.829. The summed E-state index contributed by atoms with van der Waals surface area (Å²) in [5.74, 6) is -2.35. The van der Waals surface area contributed by atoms with Gasteiger partial charge in [-0.1, -0.05) is 27.2 Å². The normalized spacial score (nSPS) is 15.3. The average molecular weight is 1030 g/mol. The Morgan fingerprint density at radius 2 is 1.61 bits per heavy atom. The number of anilines is 2. The molecule has 1 atom stereocenters. The predicted octanol–water partition coefficient (Wildman–Crippen LogP) is 4.83. The van der Waals surface area contributed by atoms with Crippen LogP contribution in [0.4, 0.5) is 20.9 Å². The molecule has 4 aromatic rings. The van der Waals surface area contributed by atoms with E-state index >= 15 is 0 Å². The lowest BCUT2D eigenvalue weighted by molar-refractivity contribution is -0.137. The second-order valence-electron chi connectivity index (χ2n) is 20.4. The zero-order valence-electron chi connectivity index (χ0n) is 44.0. The minimum absolute atomic E-state index is 0.171. The number of hydrogen-bond acceptors (Lipinski definition) is 13. The van der Waals surface area contributed by atoms with Gasteiger partial charge in [-0.2, -0.15) is 4.98 Å². The van der Waals surface area contributed by atoms with Gasteiger partial charge in [0.15, 0.2) is 5.58 Å². The first-order chi connectivity index (χ1) is 35.2. The molecular weight excluding hydrogens is 956 g/mol. The van der Waals surface area contributed by atoms with Gasteiger partial charge in [0.05, 0.1) is 49.7 Å². The van der Waals surface area contributed by atoms with Crippen molar-refractivity contribution in [3.63, 3.8) is 0 Å². The van der Waals surface area contributed by atoms with Crippen LogP contribution in [0.1, 0.15) is 91.8 Å². The number of benzene rings is 2. The van der Waals surface area contributed by atoms with Crippen molar-refractivity contribution >= 4 is 69.3 Å². The third-order valence-electron chi connectivity index (χ3n) is 13.0. The molecule has 0 aliphatic carbocycles. The van der Waals surface area contributed by atoms with Gasteiger partial charge >= 0.3 is 6.03 Å². The molecule has 2 aromatic heterocycles. The van der Waals surface area contributed by atoms with Gasteiger partial charge in [0.2, 0.25) is 17.7 Å². The van der Waals surface area contributed by atoms with Crippen LogP contribution in [0, 0.1) is 11.7 Å². The Labute approximate surface area is 432 Å². The van der Waals surface area contributed by atoms with Gasteiger partial charge in [0, 0.05) is 99.7 Å². The molecule has 0 spiro atoms. The van der Waals surface area contributed by atoms with Crippen molar-refractivity contribution in [3.05, 3.63) is 65.6 Å². The Morgan fingerprint density at radius 1 is 0.865 bits per heavy atom. The van der Waals surface area contributed by atoms with E-state index in [9.17, 15) is 33.2 Å². The first kappa shape index (κ1) is 56.7. The van der Waals surface area contributed by atoms with Crippen LogP contribution >= 0.6 is 0 Å². The molecule has 0 saturated carbocycles. The van der Waals surface area contributed by atoms with E-state index < -0.39 is 35.1 Å². The number of imide groups is 1. The highest BCUT2D eigenvalue weighted by Crippen LogP contribution is 2.35. The number of aromatic nitrogens is 2. The lowest BCUT2D eigenvalue weighted by Crippen LogP contribution is -2.52. The second kappa shape index (κ2) is 26.1. The predicted molar refractivity (Wildman–Crippen MR) is 279 cm³/mol. The molecule has 0 bridgehead atoms. The third kappa shape index (κ3) is 16.0. The number of fused-ring (bicyclic) bond motifs is 4. The molecule has 6 N–H and O–H groups in total. The molecule has 1 unspecified atom stereocenters. The summed E-state index contributed by atoms with van der Waals surface area (Å²) >= 11 is 0. The Kier molecular flexibility index (Phi) is 20.0. The molecule has 3 aliphatic rings. The fraction of sp³-hybridized carbons (Fsp3) is 0.566. The van der Waals surface area contributed by atoms with Crippen molar-refractivity contribution in [2.75, 3.05) is 82.0 Å². The fourth-order valence-corrected chi connectivity index (χ4v) is 8.83. The van der Waals surface area contributed by atoms with Gasteiger partial charge in [-0.05, 0) is 89.3 Å². The van der Waals surface area contributed by atoms with E-state index in [0.717, 1.165) is 60.2 Å². The van der Waals surface area contributed by atoms with E-state index in [-0.39, 0.29) is 55.6 Å². The maximum absolute atomic E-state index is 14.8. The maximum atomic E-state index is 14.8. The first-order valence-electron chi connectivity index (χ1n) is 25.7. The largest absolute Gasteiger partial charge is 0.423 e. The molecule has 7 rings (SSSR count). The molecular formula is C53H75FN10O10. The van der Waals surface area contributed by atoms with Crippen LogP contribution in [-0.4, -0.2) is 140 Å². The number of nitrogens with two attached hydrogens (primary N) is 1. The van der Waals surface area contributed by atoms with Crippen molar-refractivity contribution in [2.45, 2.75) is 117 Å². The van der Waals surface area contributed by atoms with Gasteiger partial charge < -0.3 is 60.0 Å². The number of carbonyl (C=O) groups excluding carboxylic acids is 6. The monoisotopic (exact) mass is 1030 g/mol. The number of urea groups is 1. The Bertz CT molecular complexity index is 2620. The Morgan fingerprint density at radius 3 is 2.30 bits per heavy atom. The van der Waals surface area contributed by atoms with E-state index in [0.29, 0.717) is 71.3 Å². The number of hydrogen-bond donors (Lipinski definition) is 5. The van der Waals surface area contributed by atoms with Crippen molar-refractivity contribution in [1.82, 2.24) is 35.7 Å². The number of unbranched alkanes of at least 4 members (excludes halogenated alkanes) is 2. The summed E-state index contributed by atoms with van der Waals surface area (Å²) in [5, 5.41) is 11.7. The lowest BCUT2D eigenvalue weighted by atomic mass is 10.0. The second-order valence-corrected chi connectivity index (χ2v) is 20.4. The molecule has 1 fully saturated rings. The average Bonchev–Trinajstić information content (AvgIpc) is 4.04. The van der Waals surface area contributed by atoms with E-state index in [1.165, 1.54) is 34.4 Å². The molecule has 404 valence electrons. The maximum Gasteiger partial charge on any atom is 0.312 e. The number of primary amides is 1. The highest BCUT2D eigenvalue weighted by molar-refractivity contribution is 6.12. The van der Waals surface area contributed by atoms with Gasteiger partial charge in [-0.3, -0.25) is 28.9 Å². The van der Waals surface area contributed by atoms with Crippen molar-refractivity contribution in [1.29, 1.82) is 0 Å². The van der Waals surface area contributed by atoms with Gasteiger partial charge in [0.25, 0.3) is 17.8 Å². The smallest absolute Gasteiger partial charge is 0.312 e. The van der Waals surface area contributed by atoms with Crippen LogP contribution in [0.5, 0.6) is 0 Å². The summed E-state index contributed by atoms with van der Waals surface area (Å²) in [6, 6.07) is 10.4. The zero-order valence-corrected chi connectivity index (χ0v) is 44.0. The fourth-order valence-electron chi connectivity index (χ4n) is 8.83. The van der Waals surface area contributed by atoms with Crippen LogP contribution in [0.3, 0.4) is 0 Å². The molecule has 2 aromatic carbocycles. The third-order valence-corrected chi connectivity index (χ3v) is 13.0. The van der Waals surface area contributed by atoms with Crippen molar-refractivity contribution in [3.8, 4) is 0 Å². The van der Waals surface area contributed by atoms with Crippen molar-refractivity contribution in [2.24, 2.45) is 11.7 Å². The Balaban J connectivity index is 0.00000119. The van der Waals surface area contributed by atoms with E-state index in [1.54, 1.807) is 6.07 Å². The highest BCUT2D eigenvalue weighted by atomic mass is 19.1. The molecule has 21 heteroatoms. The number of rotatable bonds is 24. The van der Waals surface area contributed by atoms with E-state index in [4.69, 9.17) is 29.3 Å². The van der Waals surface area contributed by atoms with Crippen LogP contribution in [-0.2, 0) is 57.7 Å². The minimum Gasteiger partial charge on any atom is -0.423 e. The number of halogens is 1. The standard InChI is InChI=1S/C49H65FN8O9.C4H10N2O/c1-32(2)45(54-41(59)10-8-7-9-18-58-43(61)15-16-44(58)62)46(63)51-28-42(60)52-30-48(3,4)66-31-49(5,6)65-25-22-57-38-17-19-56(29-36(38)35-13-11-33(50)26-39(35)57)34-12-14-40-37(27-34)53-47(67-40)55-20-23-64-24-21-55;1-2-3-6-4(5)7/h11-16,26-27,32,45H,7-10,17-25,28-31H2,1-6H3,(H,51,63)(H,52,60)(H,54,59);2-3H2,1H3,(H3,5,6,7). The molecule has 0 radical (unpaired) electrons. The number of morpholine rings is 1. The Hall–Kier alpha value is -6.58. The van der Waals surface area contributed by atoms with Gasteiger partial charge in [-0.15, -0.1) is 0 Å². The quantitative estimate of drug-likeness (QED) is 0.0467. The van der Waals surface area contributed by atoms with Crippen LogP contribution < -0.4 is 36.8 Å². The zero-order chi connectivity index (χ0) is 53.6. The highest BCUT2D eigenvalue weighted by Gasteiger charge is 2.30. The van der Waals surface area contributed by atoms with Crippen LogP contribution in [0.2, 0.25) is 0 Å². The molecule has 20 nitrogen and oxygen atoms in total. The molecule has 7 amide bonds. The summed E-state index contributed by atoms with van der Waals surface area (Å²) in [6.07, 6.45) is 6.11. The number of nitrogens with zero attached hydrogens (tertiary/aromatic N) is 5. The summed E-state index contributed by atoms with van der Waals surface area (Å²) in [4.78, 5) is 82.2. The number of amides is 7. The van der Waals surface area contributed by atoms with Crippen molar-refractivity contribution < 1.29 is 51.8 Å². The van der Waals surface area contributed by atoms with Crippen LogP contribution in [0.25, 0.3) is 22.0 Å². The first-order valence-corrected chi connectivity index (χ1v) is 25.7. The van der Waals surface area contributed by atoms with E-state index in [1.807, 2.05) is 60.6 Å². The van der Waals surface area contributed by atoms with Gasteiger partial charge in [0.1, 0.15) is 17.4 Å². The topological polar surface area (TPSA) is 245 Å². The molecule has 1 saturated heterocycles. The summed E-state index contributed by atoms with van der Waals surface area (Å²) in [5.41, 5.74) is 9.03. The van der Waals surface area contributed by atoms with E-state index in [2.05, 4.69) is 47.8 Å². The number of ether oxygens (including phenoxy) is 3. The summed E-state index contributed by atoms with van der Waals surface area (Å²) in [7, 11) is 0. The molecule has 74 heavy (non-hydrogen) atoms. The molecule has 3 aliphatic heterocycles. The molecule has 5 heterocycles. The van der Waals surface area contributed by atoms with Crippen LogP contribution in [0.15, 0.2) is 53.0 Å². The number of carbonyl (C=O) groups is 6. The summed E-state index contributed by atoms with van der Waals surface area (Å²) in [6.45, 7) is 19.4. The SMILES string of the molecule is CC(C)C(NC(=O)CCCCCN1C(=O)C=CC1=O)C(=O)NCC(=O)NCC(C)(C)OCC(C)(C)OCCn1c2c(c3ccc(F)cc31)CN(c1ccc3oc(N4CCOCC4)nc3c1)CC2.CCCNC(N)=O. The number of oxazole rings is 1. The van der Waals surface area contributed by atoms with Gasteiger partial charge in [-0.25, -0.2) is 9.18 Å². The lowest BCUT2D eigenvalue weighted by Gasteiger charge is -2.32.